The van der Waals surface area contributed by atoms with Gasteiger partial charge in [0, 0.05) is 0 Å². The molecule has 0 rings (SSSR count). The van der Waals surface area contributed by atoms with Crippen LogP contribution >= 0.6 is 18.4 Å². The van der Waals surface area contributed by atoms with Crippen molar-refractivity contribution in [3.63, 3.8) is 0 Å². The van der Waals surface area contributed by atoms with E-state index >= 15 is 0 Å². The Bertz CT molecular complexity index is 135. The predicted molar refractivity (Wildman–Crippen MR) is 53.4 cm³/mol. The second-order valence-electron chi connectivity index (χ2n) is 1.52. The fourth-order valence-corrected chi connectivity index (χ4v) is 1.14. The molecule has 1 atom stereocenters. The van der Waals surface area contributed by atoms with E-state index < -0.39 is 6.13 Å². The Kier molecular flexibility index (Phi) is 8.79. The number of ether oxygens (including phenoxy) is 1. The molecule has 4 nitrogen and oxygen atoms in total. The van der Waals surface area contributed by atoms with Crippen LogP contribution in [0.1, 0.15) is 0 Å². The van der Waals surface area contributed by atoms with Crippen LogP contribution in [0.5, 0.6) is 0 Å². The summed E-state index contributed by atoms with van der Waals surface area (Å²) in [6, 6.07) is 0. The zero-order chi connectivity index (χ0) is 8.53. The summed E-state index contributed by atoms with van der Waals surface area (Å²) in [6.07, 6.45) is -0.223. The second-order valence-corrected chi connectivity index (χ2v) is 5.57. The van der Waals surface area contributed by atoms with Crippen LogP contribution in [0, 0.1) is 5.41 Å². The molecular formula is C4H11N2O2PS2. The van der Waals surface area contributed by atoms with Crippen molar-refractivity contribution in [3.8, 4) is 0 Å². The molecular weight excluding hydrogens is 203 g/mol. The predicted octanol–water partition coefficient (Wildman–Crippen LogP) is 0.610. The zero-order valence-electron chi connectivity index (χ0n) is 5.87. The molecule has 0 fully saturated rings. The van der Waals surface area contributed by atoms with E-state index in [1.54, 1.807) is 0 Å². The maximum absolute atomic E-state index is 6.58. The summed E-state index contributed by atoms with van der Waals surface area (Å²) >= 11 is 8.64. The molecule has 11 heavy (non-hydrogen) atoms. The van der Waals surface area contributed by atoms with E-state index in [-0.39, 0.29) is 0 Å². The Morgan fingerprint density at radius 1 is 1.64 bits per heavy atom. The van der Waals surface area contributed by atoms with Gasteiger partial charge < -0.3 is 14.6 Å². The topological polar surface area (TPSA) is 54.3 Å². The molecule has 0 radical (unpaired) electrons. The zero-order valence-corrected chi connectivity index (χ0v) is 8.58. The fourth-order valence-electron chi connectivity index (χ4n) is 0.361. The molecule has 0 aromatic heterocycles. The van der Waals surface area contributed by atoms with Crippen molar-refractivity contribution in [3.05, 3.63) is 0 Å². The smallest absolute Gasteiger partial charge is 0.117 e. The summed E-state index contributed by atoms with van der Waals surface area (Å²) in [4.78, 5) is 0. The van der Waals surface area contributed by atoms with Gasteiger partial charge in [0.15, 0.2) is 0 Å². The molecule has 0 spiro atoms. The van der Waals surface area contributed by atoms with E-state index in [1.165, 1.54) is 0 Å². The molecule has 0 saturated heterocycles. The van der Waals surface area contributed by atoms with Gasteiger partial charge in [-0.3, -0.25) is 5.41 Å². The molecule has 0 aromatic carbocycles. The van der Waals surface area contributed by atoms with Gasteiger partial charge in [-0.25, -0.2) is 0 Å². The van der Waals surface area contributed by atoms with Crippen molar-refractivity contribution in [2.75, 3.05) is 19.9 Å². The number of thiol groups is 1. The van der Waals surface area contributed by atoms with Crippen molar-refractivity contribution >= 4 is 36.5 Å². The molecule has 7 heteroatoms. The van der Waals surface area contributed by atoms with Crippen LogP contribution in [0.25, 0.3) is 0 Å². The molecule has 2 N–H and O–H groups in total. The van der Waals surface area contributed by atoms with Crippen LogP contribution in [0.3, 0.4) is 0 Å². The minimum atomic E-state index is -1.29. The summed E-state index contributed by atoms with van der Waals surface area (Å²) in [5.74, 6) is 0. The van der Waals surface area contributed by atoms with Crippen molar-refractivity contribution in [1.29, 1.82) is 5.41 Å². The first kappa shape index (κ1) is 11.4. The highest BCUT2D eigenvalue weighted by Gasteiger charge is 1.87. The Balaban J connectivity index is 2.90. The first-order valence-electron chi connectivity index (χ1n) is 2.93. The summed E-state index contributed by atoms with van der Waals surface area (Å²) < 4.78 is 9.97. The van der Waals surface area contributed by atoms with Gasteiger partial charge in [0.2, 0.25) is 0 Å². The summed E-state index contributed by atoms with van der Waals surface area (Å²) in [5.41, 5.74) is 0. The summed E-state index contributed by atoms with van der Waals surface area (Å²) in [7, 11) is 0. The van der Waals surface area contributed by atoms with Gasteiger partial charge in [-0.1, -0.05) is 11.8 Å². The van der Waals surface area contributed by atoms with Crippen molar-refractivity contribution in [2.24, 2.45) is 0 Å². The fraction of sp³-hybridized carbons (Fsp3) is 0.750. The van der Waals surface area contributed by atoms with Crippen LogP contribution in [0.4, 0.5) is 0 Å². The standard InChI is InChI=1S/C4H11N2O2PS2/c5-3-6-4-7-1-2-8-9(10)11/h3,9H,1-2,4H2,(H2,5,6)(H,10,11). The van der Waals surface area contributed by atoms with Gasteiger partial charge in [-0.15, -0.1) is 12.2 Å². The normalized spacial score (nSPS) is 12.5. The van der Waals surface area contributed by atoms with E-state index in [0.29, 0.717) is 19.9 Å². The maximum atomic E-state index is 6.58. The minimum absolute atomic E-state index is 0.332. The molecule has 0 aliphatic rings. The lowest BCUT2D eigenvalue weighted by Crippen LogP contribution is -2.16. The average molecular weight is 214 g/mol. The highest BCUT2D eigenvalue weighted by atomic mass is 32.9. The van der Waals surface area contributed by atoms with Crippen molar-refractivity contribution in [1.82, 2.24) is 5.32 Å². The van der Waals surface area contributed by atoms with Crippen LogP contribution < -0.4 is 5.32 Å². The van der Waals surface area contributed by atoms with E-state index in [0.717, 1.165) is 6.34 Å². The number of hydrogen-bond donors (Lipinski definition) is 3. The maximum Gasteiger partial charge on any atom is 0.117 e. The van der Waals surface area contributed by atoms with Crippen LogP contribution in [0.15, 0.2) is 0 Å². The van der Waals surface area contributed by atoms with Gasteiger partial charge in [0.05, 0.1) is 19.6 Å². The van der Waals surface area contributed by atoms with Gasteiger partial charge >= 0.3 is 0 Å². The minimum Gasteiger partial charge on any atom is -0.359 e. The lowest BCUT2D eigenvalue weighted by molar-refractivity contribution is 0.102. The first-order valence-corrected chi connectivity index (χ1v) is 6.76. The van der Waals surface area contributed by atoms with Gasteiger partial charge in [-0.2, -0.15) is 0 Å². The number of nitrogens with one attached hydrogen (secondary N) is 2. The van der Waals surface area contributed by atoms with E-state index in [1.807, 2.05) is 0 Å². The SMILES string of the molecule is N=CNCOCCO[PH](=S)S. The average Bonchev–Trinajstić information content (AvgIpc) is 1.96. The van der Waals surface area contributed by atoms with E-state index in [2.05, 4.69) is 17.6 Å². The molecule has 0 aliphatic heterocycles. The molecule has 66 valence electrons. The van der Waals surface area contributed by atoms with Gasteiger partial charge in [0.1, 0.15) is 12.9 Å². The highest BCUT2D eigenvalue weighted by Crippen LogP contribution is 2.26. The highest BCUT2D eigenvalue weighted by molar-refractivity contribution is 8.54. The molecule has 0 amide bonds. The van der Waals surface area contributed by atoms with Crippen LogP contribution in [-0.4, -0.2) is 26.3 Å². The third-order valence-electron chi connectivity index (χ3n) is 0.741. The Labute approximate surface area is 76.8 Å². The van der Waals surface area contributed by atoms with E-state index in [4.69, 9.17) is 26.5 Å². The monoisotopic (exact) mass is 214 g/mol. The number of hydrogen-bond acceptors (Lipinski definition) is 4. The van der Waals surface area contributed by atoms with Crippen LogP contribution in [-0.2, 0) is 21.1 Å². The van der Waals surface area contributed by atoms with Gasteiger partial charge in [0.25, 0.3) is 0 Å². The van der Waals surface area contributed by atoms with E-state index in [9.17, 15) is 0 Å². The molecule has 0 saturated carbocycles. The second kappa shape index (κ2) is 8.49. The molecule has 0 aliphatic carbocycles. The Hall–Kier alpha value is 0.390. The molecule has 1 unspecified atom stereocenters. The van der Waals surface area contributed by atoms with Gasteiger partial charge in [-0.05, 0) is 0 Å². The summed E-state index contributed by atoms with van der Waals surface area (Å²) in [6.45, 7) is 1.28. The Morgan fingerprint density at radius 3 is 2.91 bits per heavy atom. The molecule has 0 bridgehead atoms. The molecule has 0 aromatic rings. The van der Waals surface area contributed by atoms with Crippen molar-refractivity contribution < 1.29 is 9.26 Å². The first-order chi connectivity index (χ1) is 5.27. The number of rotatable bonds is 7. The van der Waals surface area contributed by atoms with Crippen molar-refractivity contribution in [2.45, 2.75) is 0 Å². The third kappa shape index (κ3) is 10.4. The largest absolute Gasteiger partial charge is 0.359 e. The Morgan fingerprint density at radius 2 is 2.36 bits per heavy atom. The summed E-state index contributed by atoms with van der Waals surface area (Å²) in [5, 5.41) is 9.14. The quantitative estimate of drug-likeness (QED) is 0.145. The third-order valence-corrected chi connectivity index (χ3v) is 1.93. The lowest BCUT2D eigenvalue weighted by atomic mass is 10.8. The lowest BCUT2D eigenvalue weighted by Gasteiger charge is -2.03. The molecule has 0 heterocycles. The van der Waals surface area contributed by atoms with Crippen LogP contribution in [0.2, 0.25) is 0 Å².